The van der Waals surface area contributed by atoms with Gasteiger partial charge < -0.3 is 0 Å². The van der Waals surface area contributed by atoms with Crippen molar-refractivity contribution in [1.82, 2.24) is 0 Å². The first kappa shape index (κ1) is 9.92. The Kier molecular flexibility index (Phi) is 2.55. The van der Waals surface area contributed by atoms with Crippen LogP contribution in [0.1, 0.15) is 29.9 Å². The number of hydrogen-bond donors (Lipinski definition) is 0. The molecule has 0 radical (unpaired) electrons. The molecule has 0 aliphatic heterocycles. The zero-order chi connectivity index (χ0) is 10.8. The van der Waals surface area contributed by atoms with Crippen molar-refractivity contribution in [3.8, 4) is 6.07 Å². The maximum absolute atomic E-state index is 11.8. The quantitative estimate of drug-likeness (QED) is 0.750. The van der Waals surface area contributed by atoms with Crippen molar-refractivity contribution >= 4 is 5.78 Å². The molecule has 0 heterocycles. The fourth-order valence-corrected chi connectivity index (χ4v) is 1.76. The fraction of sp³-hybridized carbons (Fsp3) is 0.385. The van der Waals surface area contributed by atoms with Gasteiger partial charge in [-0.05, 0) is 25.3 Å². The van der Waals surface area contributed by atoms with Crippen molar-refractivity contribution < 1.29 is 4.79 Å². The van der Waals surface area contributed by atoms with Crippen LogP contribution in [0.15, 0.2) is 24.3 Å². The maximum atomic E-state index is 11.8. The summed E-state index contributed by atoms with van der Waals surface area (Å²) in [7, 11) is 0. The van der Waals surface area contributed by atoms with E-state index in [4.69, 9.17) is 5.26 Å². The smallest absolute Gasteiger partial charge is 0.157 e. The summed E-state index contributed by atoms with van der Waals surface area (Å²) in [5.74, 6) is -0.310. The first-order valence-electron chi connectivity index (χ1n) is 5.22. The Morgan fingerprint density at radius 2 is 2.27 bits per heavy atom. The van der Waals surface area contributed by atoms with Gasteiger partial charge in [-0.25, -0.2) is 0 Å². The van der Waals surface area contributed by atoms with Gasteiger partial charge in [0.2, 0.25) is 0 Å². The summed E-state index contributed by atoms with van der Waals surface area (Å²) in [4.78, 5) is 11.8. The minimum absolute atomic E-state index is 0.100. The van der Waals surface area contributed by atoms with Crippen LogP contribution in [0.3, 0.4) is 0 Å². The van der Waals surface area contributed by atoms with Gasteiger partial charge in [0.25, 0.3) is 0 Å². The van der Waals surface area contributed by atoms with Crippen LogP contribution >= 0.6 is 0 Å². The molecular formula is C13H13NO. The summed E-state index contributed by atoms with van der Waals surface area (Å²) < 4.78 is 0. The molecule has 2 nitrogen and oxygen atoms in total. The Bertz CT molecular complexity index is 426. The molecule has 1 fully saturated rings. The van der Waals surface area contributed by atoms with Gasteiger partial charge in [0.15, 0.2) is 5.78 Å². The highest BCUT2D eigenvalue weighted by atomic mass is 16.1. The number of nitriles is 1. The molecule has 2 heteroatoms. The number of hydrogen-bond acceptors (Lipinski definition) is 2. The maximum Gasteiger partial charge on any atom is 0.157 e. The summed E-state index contributed by atoms with van der Waals surface area (Å²) >= 11 is 0. The summed E-state index contributed by atoms with van der Waals surface area (Å²) in [5, 5.41) is 9.05. The lowest BCUT2D eigenvalue weighted by atomic mass is 9.92. The highest BCUT2D eigenvalue weighted by Gasteiger charge is 2.35. The average molecular weight is 199 g/mol. The van der Waals surface area contributed by atoms with Gasteiger partial charge in [-0.15, -0.1) is 0 Å². The van der Waals surface area contributed by atoms with Crippen LogP contribution in [0, 0.1) is 24.2 Å². The fourth-order valence-electron chi connectivity index (χ4n) is 1.76. The molecule has 0 saturated heterocycles. The molecule has 1 saturated carbocycles. The standard InChI is InChI=1S/C13H13NO/c1-9-3-2-4-11(7-9)12(8-14)13(15)10-5-6-10/h2-4,7,10,12H,5-6H2,1H3/t12-/m1/s1. The molecule has 0 amide bonds. The largest absolute Gasteiger partial charge is 0.298 e. The Morgan fingerprint density at radius 3 is 2.80 bits per heavy atom. The van der Waals surface area contributed by atoms with Gasteiger partial charge in [-0.2, -0.15) is 5.26 Å². The average Bonchev–Trinajstić information content (AvgIpc) is 3.02. The number of aryl methyl sites for hydroxylation is 1. The predicted octanol–water partition coefficient (Wildman–Crippen LogP) is 2.58. The van der Waals surface area contributed by atoms with Crippen molar-refractivity contribution in [2.45, 2.75) is 25.7 Å². The van der Waals surface area contributed by atoms with Crippen molar-refractivity contribution in [2.75, 3.05) is 0 Å². The van der Waals surface area contributed by atoms with Crippen LogP contribution in [0.5, 0.6) is 0 Å². The highest BCUT2D eigenvalue weighted by molar-refractivity contribution is 5.92. The second-order valence-corrected chi connectivity index (χ2v) is 4.15. The number of Topliss-reactive ketones (excluding diaryl/α,β-unsaturated/α-hetero) is 1. The molecule has 76 valence electrons. The lowest BCUT2D eigenvalue weighted by Gasteiger charge is -2.08. The Labute approximate surface area is 89.5 Å². The zero-order valence-electron chi connectivity index (χ0n) is 8.73. The van der Waals surface area contributed by atoms with Crippen LogP contribution < -0.4 is 0 Å². The summed E-state index contributed by atoms with van der Waals surface area (Å²) in [6.45, 7) is 1.97. The zero-order valence-corrected chi connectivity index (χ0v) is 8.73. The molecule has 0 unspecified atom stereocenters. The monoisotopic (exact) mass is 199 g/mol. The topological polar surface area (TPSA) is 40.9 Å². The first-order chi connectivity index (χ1) is 7.22. The highest BCUT2D eigenvalue weighted by Crippen LogP contribution is 2.35. The molecule has 15 heavy (non-hydrogen) atoms. The minimum atomic E-state index is -0.558. The molecule has 0 aromatic heterocycles. The van der Waals surface area contributed by atoms with E-state index in [1.165, 1.54) is 0 Å². The normalized spacial score (nSPS) is 16.8. The van der Waals surface area contributed by atoms with E-state index in [0.29, 0.717) is 0 Å². The van der Waals surface area contributed by atoms with E-state index in [2.05, 4.69) is 6.07 Å². The molecule has 1 aromatic rings. The summed E-state index contributed by atoms with van der Waals surface area (Å²) in [6, 6.07) is 9.77. The van der Waals surface area contributed by atoms with Gasteiger partial charge in [0, 0.05) is 5.92 Å². The number of rotatable bonds is 3. The summed E-state index contributed by atoms with van der Waals surface area (Å²) in [5.41, 5.74) is 1.94. The van der Waals surface area contributed by atoms with Crippen LogP contribution in [0.4, 0.5) is 0 Å². The first-order valence-corrected chi connectivity index (χ1v) is 5.22. The molecule has 0 bridgehead atoms. The van der Waals surface area contributed by atoms with Crippen molar-refractivity contribution in [2.24, 2.45) is 5.92 Å². The second kappa shape index (κ2) is 3.86. The van der Waals surface area contributed by atoms with Crippen LogP contribution in [0.25, 0.3) is 0 Å². The molecular weight excluding hydrogens is 186 g/mol. The van der Waals surface area contributed by atoms with E-state index in [9.17, 15) is 4.79 Å². The number of ketones is 1. The molecule has 1 aliphatic carbocycles. The third-order valence-corrected chi connectivity index (χ3v) is 2.77. The lowest BCUT2D eigenvalue weighted by molar-refractivity contribution is -0.120. The lowest BCUT2D eigenvalue weighted by Crippen LogP contribution is -2.12. The van der Waals surface area contributed by atoms with E-state index in [1.807, 2.05) is 31.2 Å². The van der Waals surface area contributed by atoms with Gasteiger partial charge in [0.1, 0.15) is 5.92 Å². The van der Waals surface area contributed by atoms with Gasteiger partial charge in [-0.1, -0.05) is 29.8 Å². The van der Waals surface area contributed by atoms with E-state index in [-0.39, 0.29) is 11.7 Å². The predicted molar refractivity (Wildman–Crippen MR) is 57.3 cm³/mol. The SMILES string of the molecule is Cc1cccc([C@@H](C#N)C(=O)C2CC2)c1. The van der Waals surface area contributed by atoms with Crippen LogP contribution in [-0.4, -0.2) is 5.78 Å². The third kappa shape index (κ3) is 2.07. The number of benzene rings is 1. The van der Waals surface area contributed by atoms with E-state index < -0.39 is 5.92 Å². The van der Waals surface area contributed by atoms with Crippen molar-refractivity contribution in [1.29, 1.82) is 5.26 Å². The molecule has 1 aliphatic rings. The number of carbonyl (C=O) groups excluding carboxylic acids is 1. The Hall–Kier alpha value is -1.62. The molecule has 2 rings (SSSR count). The Morgan fingerprint density at radius 1 is 1.53 bits per heavy atom. The number of nitrogens with zero attached hydrogens (tertiary/aromatic N) is 1. The molecule has 1 aromatic carbocycles. The van der Waals surface area contributed by atoms with Crippen LogP contribution in [-0.2, 0) is 4.79 Å². The van der Waals surface area contributed by atoms with Crippen LogP contribution in [0.2, 0.25) is 0 Å². The van der Waals surface area contributed by atoms with Gasteiger partial charge in [-0.3, -0.25) is 4.79 Å². The van der Waals surface area contributed by atoms with Gasteiger partial charge >= 0.3 is 0 Å². The second-order valence-electron chi connectivity index (χ2n) is 4.15. The van der Waals surface area contributed by atoms with E-state index >= 15 is 0 Å². The molecule has 0 N–H and O–H groups in total. The summed E-state index contributed by atoms with van der Waals surface area (Å²) in [6.07, 6.45) is 1.92. The minimum Gasteiger partial charge on any atom is -0.298 e. The molecule has 1 atom stereocenters. The van der Waals surface area contributed by atoms with E-state index in [0.717, 1.165) is 24.0 Å². The van der Waals surface area contributed by atoms with Crippen molar-refractivity contribution in [3.05, 3.63) is 35.4 Å². The van der Waals surface area contributed by atoms with Crippen molar-refractivity contribution in [3.63, 3.8) is 0 Å². The Balaban J connectivity index is 2.26. The van der Waals surface area contributed by atoms with Gasteiger partial charge in [0.05, 0.1) is 6.07 Å². The molecule has 0 spiro atoms. The number of carbonyl (C=O) groups is 1. The van der Waals surface area contributed by atoms with E-state index in [1.54, 1.807) is 0 Å². The third-order valence-electron chi connectivity index (χ3n) is 2.77.